The van der Waals surface area contributed by atoms with Crippen molar-refractivity contribution in [3.05, 3.63) is 29.8 Å². The van der Waals surface area contributed by atoms with E-state index >= 15 is 0 Å². The first-order valence-electron chi connectivity index (χ1n) is 6.05. The molecule has 1 saturated heterocycles. The molecule has 0 unspecified atom stereocenters. The molecule has 1 aromatic carbocycles. The quantitative estimate of drug-likeness (QED) is 0.816. The number of amides is 1. The minimum Gasteiger partial charge on any atom is -0.372 e. The fourth-order valence-corrected chi connectivity index (χ4v) is 2.26. The molecule has 4 heteroatoms. The van der Waals surface area contributed by atoms with E-state index in [4.69, 9.17) is 11.5 Å². The third kappa shape index (κ3) is 2.77. The molecular formula is C13H19N3O. The molecule has 2 rings (SSSR count). The van der Waals surface area contributed by atoms with E-state index in [0.717, 1.165) is 38.2 Å². The first-order chi connectivity index (χ1) is 8.20. The predicted octanol–water partition coefficient (Wildman–Crippen LogP) is 0.961. The molecule has 1 aliphatic rings. The molecule has 17 heavy (non-hydrogen) atoms. The summed E-state index contributed by atoms with van der Waals surface area (Å²) in [5.74, 6) is 0.287. The summed E-state index contributed by atoms with van der Waals surface area (Å²) in [5, 5.41) is 0. The summed E-state index contributed by atoms with van der Waals surface area (Å²) >= 11 is 0. The minimum absolute atomic E-state index is 0.376. The molecule has 0 aromatic heterocycles. The summed E-state index contributed by atoms with van der Waals surface area (Å²) in [6.07, 6.45) is 2.29. The molecular weight excluding hydrogens is 214 g/mol. The number of piperidine rings is 1. The molecule has 92 valence electrons. The van der Waals surface area contributed by atoms with E-state index in [1.165, 1.54) is 0 Å². The number of carbonyl (C=O) groups is 1. The molecule has 4 N–H and O–H groups in total. The van der Waals surface area contributed by atoms with Crippen molar-refractivity contribution in [1.82, 2.24) is 0 Å². The van der Waals surface area contributed by atoms with Gasteiger partial charge < -0.3 is 16.4 Å². The van der Waals surface area contributed by atoms with Crippen molar-refractivity contribution in [2.45, 2.75) is 12.8 Å². The molecule has 1 aliphatic heterocycles. The third-order valence-corrected chi connectivity index (χ3v) is 3.46. The van der Waals surface area contributed by atoms with Crippen LogP contribution in [0.2, 0.25) is 0 Å². The van der Waals surface area contributed by atoms with Gasteiger partial charge in [-0.15, -0.1) is 0 Å². The van der Waals surface area contributed by atoms with Crippen LogP contribution in [0.25, 0.3) is 0 Å². The maximum atomic E-state index is 11.0. The second-order valence-corrected chi connectivity index (χ2v) is 4.58. The van der Waals surface area contributed by atoms with Crippen molar-refractivity contribution in [3.63, 3.8) is 0 Å². The third-order valence-electron chi connectivity index (χ3n) is 3.46. The fraction of sp³-hybridized carbons (Fsp3) is 0.462. The van der Waals surface area contributed by atoms with Crippen LogP contribution in [0.5, 0.6) is 0 Å². The van der Waals surface area contributed by atoms with E-state index in [1.807, 2.05) is 12.1 Å². The van der Waals surface area contributed by atoms with Gasteiger partial charge in [0.2, 0.25) is 5.91 Å². The Balaban J connectivity index is 2.01. The van der Waals surface area contributed by atoms with E-state index in [2.05, 4.69) is 4.90 Å². The van der Waals surface area contributed by atoms with Gasteiger partial charge in [0.1, 0.15) is 0 Å². The Morgan fingerprint density at radius 2 is 1.82 bits per heavy atom. The van der Waals surface area contributed by atoms with E-state index in [1.54, 1.807) is 12.1 Å². The maximum Gasteiger partial charge on any atom is 0.248 e. The first-order valence-corrected chi connectivity index (χ1v) is 6.05. The maximum absolute atomic E-state index is 11.0. The van der Waals surface area contributed by atoms with E-state index in [9.17, 15) is 4.79 Å². The van der Waals surface area contributed by atoms with E-state index in [0.29, 0.717) is 11.5 Å². The lowest BCUT2D eigenvalue weighted by molar-refractivity contribution is 0.100. The second kappa shape index (κ2) is 5.19. The number of benzene rings is 1. The van der Waals surface area contributed by atoms with Crippen LogP contribution in [-0.2, 0) is 0 Å². The lowest BCUT2D eigenvalue weighted by Crippen LogP contribution is -2.36. The van der Waals surface area contributed by atoms with Gasteiger partial charge >= 0.3 is 0 Å². The number of rotatable bonds is 3. The van der Waals surface area contributed by atoms with Crippen molar-refractivity contribution < 1.29 is 4.79 Å². The van der Waals surface area contributed by atoms with Gasteiger partial charge in [0.05, 0.1) is 0 Å². The number of carbonyl (C=O) groups excluding carboxylic acids is 1. The minimum atomic E-state index is -0.376. The zero-order chi connectivity index (χ0) is 12.3. The van der Waals surface area contributed by atoms with Gasteiger partial charge in [-0.05, 0) is 49.6 Å². The number of nitrogens with zero attached hydrogens (tertiary/aromatic N) is 1. The highest BCUT2D eigenvalue weighted by molar-refractivity contribution is 5.93. The zero-order valence-corrected chi connectivity index (χ0v) is 9.93. The topological polar surface area (TPSA) is 72.3 Å². The molecule has 4 nitrogen and oxygen atoms in total. The number of hydrogen-bond donors (Lipinski definition) is 2. The summed E-state index contributed by atoms with van der Waals surface area (Å²) < 4.78 is 0. The largest absolute Gasteiger partial charge is 0.372 e. The fourth-order valence-electron chi connectivity index (χ4n) is 2.26. The van der Waals surface area contributed by atoms with Crippen molar-refractivity contribution in [2.75, 3.05) is 24.5 Å². The summed E-state index contributed by atoms with van der Waals surface area (Å²) in [5.41, 5.74) is 12.6. The summed E-state index contributed by atoms with van der Waals surface area (Å²) in [6.45, 7) is 2.87. The van der Waals surface area contributed by atoms with Crippen LogP contribution in [-0.4, -0.2) is 25.5 Å². The SMILES string of the molecule is NCC1CCN(c2ccc(C(N)=O)cc2)CC1. The van der Waals surface area contributed by atoms with Crippen molar-refractivity contribution in [1.29, 1.82) is 0 Å². The zero-order valence-electron chi connectivity index (χ0n) is 9.93. The number of anilines is 1. The van der Waals surface area contributed by atoms with Crippen LogP contribution < -0.4 is 16.4 Å². The standard InChI is InChI=1S/C13H19N3O/c14-9-10-5-7-16(8-6-10)12-3-1-11(2-4-12)13(15)17/h1-4,10H,5-9,14H2,(H2,15,17). The van der Waals surface area contributed by atoms with Crippen LogP contribution >= 0.6 is 0 Å². The molecule has 0 spiro atoms. The lowest BCUT2D eigenvalue weighted by Gasteiger charge is -2.33. The Labute approximate surface area is 102 Å². The number of hydrogen-bond acceptors (Lipinski definition) is 3. The average Bonchev–Trinajstić information content (AvgIpc) is 2.39. The van der Waals surface area contributed by atoms with Crippen LogP contribution in [0.1, 0.15) is 23.2 Å². The van der Waals surface area contributed by atoms with Gasteiger partial charge in [-0.3, -0.25) is 4.79 Å². The molecule has 0 radical (unpaired) electrons. The Bertz CT molecular complexity index is 380. The predicted molar refractivity (Wildman–Crippen MR) is 69.0 cm³/mol. The van der Waals surface area contributed by atoms with E-state index in [-0.39, 0.29) is 5.91 Å². The molecule has 1 fully saturated rings. The Hall–Kier alpha value is -1.55. The summed E-state index contributed by atoms with van der Waals surface area (Å²) in [6, 6.07) is 7.49. The van der Waals surface area contributed by atoms with Gasteiger partial charge in [-0.25, -0.2) is 0 Å². The second-order valence-electron chi connectivity index (χ2n) is 4.58. The van der Waals surface area contributed by atoms with Gasteiger partial charge in [-0.2, -0.15) is 0 Å². The highest BCUT2D eigenvalue weighted by Gasteiger charge is 2.18. The Morgan fingerprint density at radius 3 is 2.29 bits per heavy atom. The van der Waals surface area contributed by atoms with Crippen molar-refractivity contribution in [3.8, 4) is 0 Å². The van der Waals surface area contributed by atoms with Crippen LogP contribution in [0.15, 0.2) is 24.3 Å². The summed E-state index contributed by atoms with van der Waals surface area (Å²) in [7, 11) is 0. The van der Waals surface area contributed by atoms with Crippen LogP contribution in [0.4, 0.5) is 5.69 Å². The molecule has 0 bridgehead atoms. The average molecular weight is 233 g/mol. The molecule has 1 heterocycles. The van der Waals surface area contributed by atoms with Crippen molar-refractivity contribution in [2.24, 2.45) is 17.4 Å². The molecule has 1 aromatic rings. The van der Waals surface area contributed by atoms with E-state index < -0.39 is 0 Å². The molecule has 0 saturated carbocycles. The van der Waals surface area contributed by atoms with Crippen LogP contribution in [0, 0.1) is 5.92 Å². The Morgan fingerprint density at radius 1 is 1.24 bits per heavy atom. The van der Waals surface area contributed by atoms with Gasteiger partial charge in [0, 0.05) is 24.3 Å². The Kier molecular flexibility index (Phi) is 3.64. The highest BCUT2D eigenvalue weighted by atomic mass is 16.1. The normalized spacial score (nSPS) is 17.1. The van der Waals surface area contributed by atoms with Gasteiger partial charge in [0.25, 0.3) is 0 Å². The first kappa shape index (κ1) is 11.9. The van der Waals surface area contributed by atoms with Crippen LogP contribution in [0.3, 0.4) is 0 Å². The lowest BCUT2D eigenvalue weighted by atomic mass is 9.96. The molecule has 0 aliphatic carbocycles. The smallest absolute Gasteiger partial charge is 0.248 e. The van der Waals surface area contributed by atoms with Gasteiger partial charge in [0.15, 0.2) is 0 Å². The molecule has 1 amide bonds. The van der Waals surface area contributed by atoms with Gasteiger partial charge in [-0.1, -0.05) is 0 Å². The number of primary amides is 1. The highest BCUT2D eigenvalue weighted by Crippen LogP contribution is 2.22. The summed E-state index contributed by atoms with van der Waals surface area (Å²) in [4.78, 5) is 13.3. The molecule has 0 atom stereocenters. The number of nitrogens with two attached hydrogens (primary N) is 2. The monoisotopic (exact) mass is 233 g/mol. The van der Waals surface area contributed by atoms with Crippen molar-refractivity contribution >= 4 is 11.6 Å².